The van der Waals surface area contributed by atoms with E-state index in [1.165, 1.54) is 0 Å². The predicted octanol–water partition coefficient (Wildman–Crippen LogP) is 2.02. The molecule has 1 rings (SSSR count). The van der Waals surface area contributed by atoms with Gasteiger partial charge in [-0.15, -0.1) is 0 Å². The molecule has 2 amide bonds. The molecule has 1 fully saturated rings. The lowest BCUT2D eigenvalue weighted by Gasteiger charge is -2.37. The first-order valence-electron chi connectivity index (χ1n) is 7.13. The van der Waals surface area contributed by atoms with E-state index in [-0.39, 0.29) is 11.9 Å². The first-order valence-corrected chi connectivity index (χ1v) is 7.13. The number of likely N-dealkylation sites (tertiary alicyclic amines) is 1. The quantitative estimate of drug-likeness (QED) is 0.850. The van der Waals surface area contributed by atoms with Crippen LogP contribution >= 0.6 is 0 Å². The Labute approximate surface area is 115 Å². The third-order valence-electron chi connectivity index (χ3n) is 3.19. The molecule has 1 aliphatic heterocycles. The molecule has 5 nitrogen and oxygen atoms in total. The topological polar surface area (TPSA) is 58.6 Å². The van der Waals surface area contributed by atoms with Gasteiger partial charge in [-0.25, -0.2) is 4.79 Å². The third-order valence-corrected chi connectivity index (χ3v) is 3.19. The van der Waals surface area contributed by atoms with E-state index in [4.69, 9.17) is 4.74 Å². The third kappa shape index (κ3) is 5.49. The van der Waals surface area contributed by atoms with Crippen molar-refractivity contribution in [2.45, 2.75) is 46.6 Å². The van der Waals surface area contributed by atoms with Gasteiger partial charge >= 0.3 is 6.09 Å². The predicted molar refractivity (Wildman–Crippen MR) is 73.8 cm³/mol. The smallest absolute Gasteiger partial charge is 0.407 e. The zero-order chi connectivity index (χ0) is 14.4. The Bertz CT molecular complexity index is 318. The van der Waals surface area contributed by atoms with Crippen molar-refractivity contribution in [1.29, 1.82) is 0 Å². The average molecular weight is 270 g/mol. The van der Waals surface area contributed by atoms with Crippen LogP contribution in [-0.2, 0) is 9.53 Å². The summed E-state index contributed by atoms with van der Waals surface area (Å²) in [5, 5.41) is 2.83. The summed E-state index contributed by atoms with van der Waals surface area (Å²) in [6, 6.07) is -0.00101. The molecule has 2 atom stereocenters. The number of piperidine rings is 1. The zero-order valence-electron chi connectivity index (χ0n) is 12.4. The minimum atomic E-state index is -0.391. The van der Waals surface area contributed by atoms with E-state index >= 15 is 0 Å². The summed E-state index contributed by atoms with van der Waals surface area (Å²) in [6.45, 7) is 9.71. The van der Waals surface area contributed by atoms with Crippen LogP contribution in [0.25, 0.3) is 0 Å². The molecule has 0 bridgehead atoms. The van der Waals surface area contributed by atoms with Gasteiger partial charge in [-0.2, -0.15) is 0 Å². The molecule has 0 aromatic carbocycles. The summed E-state index contributed by atoms with van der Waals surface area (Å²) in [7, 11) is 0. The molecule has 0 spiro atoms. The van der Waals surface area contributed by atoms with Gasteiger partial charge in [0.15, 0.2) is 0 Å². The molecular formula is C14H26N2O3. The van der Waals surface area contributed by atoms with E-state index in [1.807, 2.05) is 18.7 Å². The van der Waals surface area contributed by atoms with Crippen molar-refractivity contribution in [2.75, 3.05) is 19.7 Å². The Morgan fingerprint density at radius 1 is 1.37 bits per heavy atom. The van der Waals surface area contributed by atoms with Crippen LogP contribution in [-0.4, -0.2) is 42.6 Å². The number of hydrogen-bond donors (Lipinski definition) is 1. The highest BCUT2D eigenvalue weighted by atomic mass is 16.5. The Kier molecular flexibility index (Phi) is 6.12. The molecule has 0 aromatic rings. The highest BCUT2D eigenvalue weighted by Gasteiger charge is 2.29. The fraction of sp³-hybridized carbons (Fsp3) is 0.857. The van der Waals surface area contributed by atoms with E-state index in [2.05, 4.69) is 12.2 Å². The summed E-state index contributed by atoms with van der Waals surface area (Å²) in [5.41, 5.74) is 0. The number of hydrogen-bond acceptors (Lipinski definition) is 3. The van der Waals surface area contributed by atoms with E-state index in [1.54, 1.807) is 6.92 Å². The first kappa shape index (κ1) is 15.8. The lowest BCUT2D eigenvalue weighted by atomic mass is 9.95. The van der Waals surface area contributed by atoms with Crippen molar-refractivity contribution in [3.05, 3.63) is 0 Å². The molecule has 1 saturated heterocycles. The van der Waals surface area contributed by atoms with Gasteiger partial charge < -0.3 is 15.0 Å². The van der Waals surface area contributed by atoms with Crippen LogP contribution in [0.4, 0.5) is 4.79 Å². The van der Waals surface area contributed by atoms with Crippen molar-refractivity contribution < 1.29 is 14.3 Å². The van der Waals surface area contributed by atoms with Crippen molar-refractivity contribution >= 4 is 12.0 Å². The summed E-state index contributed by atoms with van der Waals surface area (Å²) in [4.78, 5) is 25.4. The van der Waals surface area contributed by atoms with E-state index < -0.39 is 6.09 Å². The summed E-state index contributed by atoms with van der Waals surface area (Å²) in [6.07, 6.45) is 1.07. The molecule has 2 unspecified atom stereocenters. The molecule has 0 aromatic heterocycles. The number of nitrogens with one attached hydrogen (secondary N) is 1. The van der Waals surface area contributed by atoms with Gasteiger partial charge in [-0.05, 0) is 25.2 Å². The lowest BCUT2D eigenvalue weighted by molar-refractivity contribution is -0.134. The normalized spacial score (nSPS) is 23.3. The maximum absolute atomic E-state index is 12.1. The van der Waals surface area contributed by atoms with Crippen molar-refractivity contribution in [2.24, 2.45) is 11.8 Å². The molecule has 19 heavy (non-hydrogen) atoms. The monoisotopic (exact) mass is 270 g/mol. The fourth-order valence-corrected chi connectivity index (χ4v) is 2.48. The van der Waals surface area contributed by atoms with Crippen molar-refractivity contribution in [1.82, 2.24) is 10.2 Å². The van der Waals surface area contributed by atoms with Crippen LogP contribution in [0.15, 0.2) is 0 Å². The van der Waals surface area contributed by atoms with Gasteiger partial charge in [0.2, 0.25) is 5.91 Å². The Hall–Kier alpha value is -1.26. The molecule has 0 aliphatic carbocycles. The second-order valence-corrected chi connectivity index (χ2v) is 5.80. The Balaban J connectivity index is 2.52. The van der Waals surface area contributed by atoms with Gasteiger partial charge in [0.05, 0.1) is 12.6 Å². The number of nitrogens with zero attached hydrogens (tertiary/aromatic N) is 1. The van der Waals surface area contributed by atoms with Gasteiger partial charge in [-0.1, -0.05) is 20.8 Å². The van der Waals surface area contributed by atoms with E-state index in [9.17, 15) is 9.59 Å². The van der Waals surface area contributed by atoms with Crippen LogP contribution in [0.3, 0.4) is 0 Å². The van der Waals surface area contributed by atoms with Crippen LogP contribution in [0.2, 0.25) is 0 Å². The second kappa shape index (κ2) is 7.36. The number of alkyl carbamates (subject to hydrolysis) is 1. The van der Waals surface area contributed by atoms with Gasteiger partial charge in [0.25, 0.3) is 0 Å². The summed E-state index contributed by atoms with van der Waals surface area (Å²) >= 11 is 0. The van der Waals surface area contributed by atoms with Gasteiger partial charge in [0.1, 0.15) is 0 Å². The number of carbonyl (C=O) groups excluding carboxylic acids is 2. The molecule has 5 heteroatoms. The average Bonchev–Trinajstić information content (AvgIpc) is 2.27. The molecule has 1 heterocycles. The molecule has 0 saturated carbocycles. The maximum atomic E-state index is 12.1. The zero-order valence-corrected chi connectivity index (χ0v) is 12.4. The molecule has 1 N–H and O–H groups in total. The highest BCUT2D eigenvalue weighted by molar-refractivity contribution is 5.76. The minimum Gasteiger partial charge on any atom is -0.450 e. The Morgan fingerprint density at radius 3 is 2.63 bits per heavy atom. The van der Waals surface area contributed by atoms with Crippen LogP contribution in [0.5, 0.6) is 0 Å². The Morgan fingerprint density at radius 2 is 2.05 bits per heavy atom. The molecule has 0 radical (unpaired) electrons. The molecule has 110 valence electrons. The first-order chi connectivity index (χ1) is 8.92. The number of amides is 2. The van der Waals surface area contributed by atoms with Crippen LogP contribution in [0, 0.1) is 11.8 Å². The van der Waals surface area contributed by atoms with E-state index in [0.717, 1.165) is 13.0 Å². The standard InChI is InChI=1S/C14H26N2O3/c1-5-19-14(18)15-12-7-11(4)8-16(9-12)13(17)6-10(2)3/h10-12H,5-9H2,1-4H3,(H,15,18). The number of rotatable bonds is 4. The largest absolute Gasteiger partial charge is 0.450 e. The van der Waals surface area contributed by atoms with Crippen molar-refractivity contribution in [3.8, 4) is 0 Å². The minimum absolute atomic E-state index is 0.00101. The van der Waals surface area contributed by atoms with Crippen molar-refractivity contribution in [3.63, 3.8) is 0 Å². The second-order valence-electron chi connectivity index (χ2n) is 5.80. The highest BCUT2D eigenvalue weighted by Crippen LogP contribution is 2.18. The SMILES string of the molecule is CCOC(=O)NC1CC(C)CN(C(=O)CC(C)C)C1. The summed E-state index contributed by atoms with van der Waals surface area (Å²) < 4.78 is 4.89. The summed E-state index contributed by atoms with van der Waals surface area (Å²) in [5.74, 6) is 0.940. The molecule has 1 aliphatic rings. The van der Waals surface area contributed by atoms with Gasteiger partial charge in [0, 0.05) is 19.5 Å². The van der Waals surface area contributed by atoms with Crippen LogP contribution in [0.1, 0.15) is 40.5 Å². The number of ether oxygens (including phenoxy) is 1. The van der Waals surface area contributed by atoms with Gasteiger partial charge in [-0.3, -0.25) is 4.79 Å². The lowest BCUT2D eigenvalue weighted by Crippen LogP contribution is -2.52. The van der Waals surface area contributed by atoms with Crippen LogP contribution < -0.4 is 5.32 Å². The molecular weight excluding hydrogens is 244 g/mol. The maximum Gasteiger partial charge on any atom is 0.407 e. The number of carbonyl (C=O) groups is 2. The fourth-order valence-electron chi connectivity index (χ4n) is 2.48. The van der Waals surface area contributed by atoms with E-state index in [0.29, 0.717) is 31.4 Å².